The first-order valence-corrected chi connectivity index (χ1v) is 8.47. The molecule has 0 amide bonds. The molecule has 0 unspecified atom stereocenters. The molecule has 0 bridgehead atoms. The van der Waals surface area contributed by atoms with Gasteiger partial charge in [-0.3, -0.25) is 0 Å². The van der Waals surface area contributed by atoms with Crippen molar-refractivity contribution in [3.63, 3.8) is 0 Å². The number of nitrogens with two attached hydrogens (primary N) is 1. The zero-order chi connectivity index (χ0) is 15.6. The van der Waals surface area contributed by atoms with Crippen LogP contribution < -0.4 is 5.73 Å². The Labute approximate surface area is 128 Å². The smallest absolute Gasteiger partial charge is 0.187 e. The highest BCUT2D eigenvalue weighted by Crippen LogP contribution is 2.25. The molecular weight excluding hydrogens is 312 g/mol. The van der Waals surface area contributed by atoms with Crippen molar-refractivity contribution in [3.8, 4) is 0 Å². The van der Waals surface area contributed by atoms with Crippen LogP contribution in [-0.2, 0) is 22.1 Å². The number of halogens is 1. The predicted octanol–water partition coefficient (Wildman–Crippen LogP) is 2.14. The highest BCUT2D eigenvalue weighted by molar-refractivity contribution is 7.90. The van der Waals surface area contributed by atoms with Gasteiger partial charge in [0.25, 0.3) is 0 Å². The van der Waals surface area contributed by atoms with Crippen molar-refractivity contribution >= 4 is 27.1 Å². The molecule has 6 nitrogen and oxygen atoms in total. The van der Waals surface area contributed by atoms with Crippen molar-refractivity contribution in [2.24, 2.45) is 5.92 Å². The fraction of sp³-hybridized carbons (Fsp3) is 0.385. The first-order chi connectivity index (χ1) is 9.79. The van der Waals surface area contributed by atoms with Crippen molar-refractivity contribution in [1.82, 2.24) is 14.8 Å². The Kier molecular flexibility index (Phi) is 4.53. The summed E-state index contributed by atoms with van der Waals surface area (Å²) in [4.78, 5) is 4.05. The second-order valence-electron chi connectivity index (χ2n) is 5.19. The van der Waals surface area contributed by atoms with Gasteiger partial charge in [0.05, 0.1) is 10.6 Å². The Bertz CT molecular complexity index is 740. The van der Waals surface area contributed by atoms with Crippen LogP contribution in [0.4, 0.5) is 5.69 Å². The van der Waals surface area contributed by atoms with Crippen LogP contribution in [0, 0.1) is 5.92 Å². The van der Waals surface area contributed by atoms with Crippen LogP contribution in [-0.4, -0.2) is 23.2 Å². The Morgan fingerprint density at radius 2 is 2.10 bits per heavy atom. The number of aromatic nitrogens is 3. The van der Waals surface area contributed by atoms with Crippen molar-refractivity contribution in [2.75, 3.05) is 5.73 Å². The van der Waals surface area contributed by atoms with E-state index in [1.54, 1.807) is 10.7 Å². The lowest BCUT2D eigenvalue weighted by Gasteiger charge is -2.10. The summed E-state index contributed by atoms with van der Waals surface area (Å²) < 4.78 is 26.6. The quantitative estimate of drug-likeness (QED) is 0.849. The first kappa shape index (κ1) is 15.8. The molecule has 8 heteroatoms. The molecule has 0 aliphatic carbocycles. The third-order valence-electron chi connectivity index (χ3n) is 2.86. The van der Waals surface area contributed by atoms with Gasteiger partial charge in [-0.25, -0.2) is 18.1 Å². The van der Waals surface area contributed by atoms with Crippen LogP contribution in [0.3, 0.4) is 0 Å². The van der Waals surface area contributed by atoms with E-state index in [4.69, 9.17) is 17.3 Å². The Morgan fingerprint density at radius 1 is 1.38 bits per heavy atom. The van der Waals surface area contributed by atoms with Crippen LogP contribution in [0.5, 0.6) is 0 Å². The van der Waals surface area contributed by atoms with E-state index in [-0.39, 0.29) is 16.3 Å². The number of sulfone groups is 1. The van der Waals surface area contributed by atoms with Crippen LogP contribution in [0.2, 0.25) is 5.02 Å². The third-order valence-corrected chi connectivity index (χ3v) is 4.76. The number of benzene rings is 1. The lowest BCUT2D eigenvalue weighted by Crippen LogP contribution is -2.15. The molecular formula is C13H17ClN4O2S. The number of hydrogen-bond donors (Lipinski definition) is 1. The minimum Gasteiger partial charge on any atom is -0.398 e. The van der Waals surface area contributed by atoms with E-state index in [9.17, 15) is 8.42 Å². The average molecular weight is 329 g/mol. The van der Waals surface area contributed by atoms with Crippen molar-refractivity contribution in [2.45, 2.75) is 31.0 Å². The maximum absolute atomic E-state index is 12.5. The van der Waals surface area contributed by atoms with Gasteiger partial charge < -0.3 is 5.73 Å². The van der Waals surface area contributed by atoms with Gasteiger partial charge >= 0.3 is 0 Å². The van der Waals surface area contributed by atoms with Gasteiger partial charge in [-0.2, -0.15) is 5.10 Å². The summed E-state index contributed by atoms with van der Waals surface area (Å²) in [6.45, 7) is 4.65. The summed E-state index contributed by atoms with van der Waals surface area (Å²) in [5.41, 5.74) is 5.92. The number of anilines is 1. The number of rotatable bonds is 5. The lowest BCUT2D eigenvalue weighted by molar-refractivity contribution is 0.470. The molecule has 114 valence electrons. The van der Waals surface area contributed by atoms with Gasteiger partial charge in [0.2, 0.25) is 0 Å². The van der Waals surface area contributed by atoms with E-state index in [2.05, 4.69) is 10.1 Å². The van der Waals surface area contributed by atoms with Crippen LogP contribution in [0.15, 0.2) is 29.4 Å². The molecule has 0 aliphatic heterocycles. The molecule has 0 atom stereocenters. The maximum atomic E-state index is 12.5. The Morgan fingerprint density at radius 3 is 2.76 bits per heavy atom. The monoisotopic (exact) mass is 328 g/mol. The first-order valence-electron chi connectivity index (χ1n) is 6.44. The van der Waals surface area contributed by atoms with Crippen molar-refractivity contribution in [1.29, 1.82) is 0 Å². The van der Waals surface area contributed by atoms with E-state index in [0.717, 1.165) is 0 Å². The lowest BCUT2D eigenvalue weighted by atomic mass is 10.2. The molecule has 21 heavy (non-hydrogen) atoms. The fourth-order valence-electron chi connectivity index (χ4n) is 1.92. The van der Waals surface area contributed by atoms with E-state index in [1.807, 2.05) is 13.8 Å². The fourth-order valence-corrected chi connectivity index (χ4v) is 3.61. The zero-order valence-corrected chi connectivity index (χ0v) is 13.4. The van der Waals surface area contributed by atoms with E-state index >= 15 is 0 Å². The van der Waals surface area contributed by atoms with E-state index in [0.29, 0.717) is 23.3 Å². The zero-order valence-electron chi connectivity index (χ0n) is 11.8. The second kappa shape index (κ2) is 6.03. The molecule has 0 radical (unpaired) electrons. The van der Waals surface area contributed by atoms with E-state index in [1.165, 1.54) is 18.5 Å². The summed E-state index contributed by atoms with van der Waals surface area (Å²) in [6.07, 6.45) is 1.36. The van der Waals surface area contributed by atoms with Gasteiger partial charge in [-0.1, -0.05) is 25.4 Å². The topological polar surface area (TPSA) is 90.9 Å². The minimum absolute atomic E-state index is 0.0223. The molecule has 0 aliphatic rings. The molecule has 1 heterocycles. The second-order valence-corrected chi connectivity index (χ2v) is 7.59. The molecule has 0 spiro atoms. The summed E-state index contributed by atoms with van der Waals surface area (Å²) >= 11 is 5.85. The maximum Gasteiger partial charge on any atom is 0.187 e. The summed E-state index contributed by atoms with van der Waals surface area (Å²) in [6, 6.07) is 4.39. The van der Waals surface area contributed by atoms with E-state index < -0.39 is 9.84 Å². The normalized spacial score (nSPS) is 12.0. The van der Waals surface area contributed by atoms with Gasteiger partial charge in [-0.15, -0.1) is 0 Å². The molecule has 0 saturated carbocycles. The third kappa shape index (κ3) is 3.74. The Balaban J connectivity index is 2.34. The summed E-state index contributed by atoms with van der Waals surface area (Å²) in [5, 5.41) is 4.38. The van der Waals surface area contributed by atoms with Crippen molar-refractivity contribution in [3.05, 3.63) is 35.4 Å². The van der Waals surface area contributed by atoms with Crippen molar-refractivity contribution < 1.29 is 8.42 Å². The van der Waals surface area contributed by atoms with Crippen LogP contribution >= 0.6 is 11.6 Å². The van der Waals surface area contributed by atoms with Gasteiger partial charge in [0.15, 0.2) is 9.84 Å². The van der Waals surface area contributed by atoms with Crippen LogP contribution in [0.25, 0.3) is 0 Å². The largest absolute Gasteiger partial charge is 0.398 e. The highest BCUT2D eigenvalue weighted by Gasteiger charge is 2.22. The minimum atomic E-state index is -3.63. The SMILES string of the molecule is CC(C)Cn1ncnc1CS(=O)(=O)c1cc(Cl)ccc1N. The van der Waals surface area contributed by atoms with Crippen LogP contribution in [0.1, 0.15) is 19.7 Å². The molecule has 2 rings (SSSR count). The van der Waals surface area contributed by atoms with Gasteiger partial charge in [0, 0.05) is 11.6 Å². The molecule has 2 aromatic rings. The average Bonchev–Trinajstić information content (AvgIpc) is 2.78. The number of hydrogen-bond acceptors (Lipinski definition) is 5. The molecule has 0 fully saturated rings. The van der Waals surface area contributed by atoms with Gasteiger partial charge in [-0.05, 0) is 24.1 Å². The van der Waals surface area contributed by atoms with Gasteiger partial charge in [0.1, 0.15) is 17.9 Å². The Hall–Kier alpha value is -1.60. The number of nitrogen functional groups attached to an aromatic ring is 1. The summed E-state index contributed by atoms with van der Waals surface area (Å²) in [5.74, 6) is 0.469. The highest BCUT2D eigenvalue weighted by atomic mass is 35.5. The predicted molar refractivity (Wildman–Crippen MR) is 81.6 cm³/mol. The molecule has 1 aromatic carbocycles. The number of nitrogens with zero attached hydrogens (tertiary/aromatic N) is 3. The summed E-state index contributed by atoms with van der Waals surface area (Å²) in [7, 11) is -3.63. The molecule has 1 aromatic heterocycles. The molecule has 0 saturated heterocycles. The molecule has 2 N–H and O–H groups in total. The standard InChI is InChI=1S/C13H17ClN4O2S/c1-9(2)6-18-13(16-8-17-18)7-21(19,20)12-5-10(14)3-4-11(12)15/h3-5,8-9H,6-7,15H2,1-2H3.